The molecule has 0 saturated heterocycles. The van der Waals surface area contributed by atoms with Gasteiger partial charge < -0.3 is 62.7 Å². The molecule has 0 heterocycles. The van der Waals surface area contributed by atoms with E-state index < -0.39 is 6.10 Å². The third-order valence-electron chi connectivity index (χ3n) is 5.07. The van der Waals surface area contributed by atoms with E-state index in [1.165, 1.54) is 0 Å². The fourth-order valence-corrected chi connectivity index (χ4v) is 2.87. The summed E-state index contributed by atoms with van der Waals surface area (Å²) in [4.78, 5) is 0. The van der Waals surface area contributed by atoms with Gasteiger partial charge in [-0.05, 0) is 41.5 Å². The van der Waals surface area contributed by atoms with Crippen molar-refractivity contribution in [1.29, 1.82) is 0 Å². The lowest BCUT2D eigenvalue weighted by molar-refractivity contribution is -0.101. The summed E-state index contributed by atoms with van der Waals surface area (Å²) >= 11 is 0. The van der Waals surface area contributed by atoms with Crippen molar-refractivity contribution in [3.05, 3.63) is 0 Å². The lowest BCUT2D eigenvalue weighted by atomic mass is 10.3. The number of methoxy groups -OCH3 is 1. The zero-order chi connectivity index (χ0) is 31.8. The van der Waals surface area contributed by atoms with E-state index in [9.17, 15) is 5.11 Å². The predicted octanol–water partition coefficient (Wildman–Crippen LogP) is 1.08. The van der Waals surface area contributed by atoms with Gasteiger partial charge in [-0.15, -0.1) is 0 Å². The van der Waals surface area contributed by atoms with Gasteiger partial charge in [0.25, 0.3) is 0 Å². The number of hydrogen-bond donors (Lipinski definition) is 3. The molecule has 0 fully saturated rings. The molecule has 0 aliphatic rings. The minimum atomic E-state index is -0.463. The van der Waals surface area contributed by atoms with E-state index in [1.807, 2.05) is 34.6 Å². The molecular formula is C29H62O13. The Morgan fingerprint density at radius 2 is 0.667 bits per heavy atom. The first-order valence-electron chi connectivity index (χ1n) is 14.9. The van der Waals surface area contributed by atoms with Gasteiger partial charge >= 0.3 is 0 Å². The first-order valence-corrected chi connectivity index (χ1v) is 14.9. The third kappa shape index (κ3) is 35.7. The maximum absolute atomic E-state index is 9.19. The Hall–Kier alpha value is -0.520. The molecule has 0 saturated carbocycles. The van der Waals surface area contributed by atoms with Gasteiger partial charge in [-0.2, -0.15) is 0 Å². The van der Waals surface area contributed by atoms with Crippen LogP contribution in [0.1, 0.15) is 41.5 Å². The van der Waals surface area contributed by atoms with Crippen LogP contribution >= 0.6 is 0 Å². The molecule has 3 N–H and O–H groups in total. The molecule has 0 bridgehead atoms. The van der Waals surface area contributed by atoms with Crippen LogP contribution in [0.3, 0.4) is 0 Å². The molecule has 0 rings (SSSR count). The molecule has 0 aromatic carbocycles. The van der Waals surface area contributed by atoms with Crippen LogP contribution < -0.4 is 0 Å². The van der Waals surface area contributed by atoms with Crippen molar-refractivity contribution in [2.75, 3.05) is 113 Å². The SMILES string of the molecule is COCC(C)OCC(C)OCC(C)OCC(C)OCC(C)OCC(C)O.OCCOCCOCCOCCOCCO. The van der Waals surface area contributed by atoms with Crippen molar-refractivity contribution in [3.63, 3.8) is 0 Å². The molecular weight excluding hydrogens is 556 g/mol. The number of aliphatic hydroxyl groups is 3. The summed E-state index contributed by atoms with van der Waals surface area (Å²) in [6, 6.07) is 0. The fourth-order valence-electron chi connectivity index (χ4n) is 2.87. The van der Waals surface area contributed by atoms with Crippen molar-refractivity contribution in [2.45, 2.75) is 78.2 Å². The molecule has 42 heavy (non-hydrogen) atoms. The molecule has 0 aromatic heterocycles. The van der Waals surface area contributed by atoms with E-state index in [1.54, 1.807) is 14.0 Å². The third-order valence-corrected chi connectivity index (χ3v) is 5.07. The van der Waals surface area contributed by atoms with Crippen LogP contribution in [0, 0.1) is 0 Å². The first-order chi connectivity index (χ1) is 20.2. The van der Waals surface area contributed by atoms with Gasteiger partial charge in [-0.25, -0.2) is 0 Å². The van der Waals surface area contributed by atoms with E-state index >= 15 is 0 Å². The highest BCUT2D eigenvalue weighted by atomic mass is 16.6. The summed E-state index contributed by atoms with van der Waals surface area (Å²) in [6.45, 7) is 18.2. The van der Waals surface area contributed by atoms with Gasteiger partial charge in [0.15, 0.2) is 0 Å². The molecule has 0 aliphatic carbocycles. The zero-order valence-electron chi connectivity index (χ0n) is 27.2. The van der Waals surface area contributed by atoms with Gasteiger partial charge in [-0.3, -0.25) is 0 Å². The highest BCUT2D eigenvalue weighted by Crippen LogP contribution is 2.03. The minimum absolute atomic E-state index is 0.000874. The second-order valence-electron chi connectivity index (χ2n) is 9.92. The first kappa shape index (κ1) is 43.6. The molecule has 6 atom stereocenters. The van der Waals surface area contributed by atoms with E-state index in [2.05, 4.69) is 0 Å². The zero-order valence-corrected chi connectivity index (χ0v) is 27.2. The average molecular weight is 619 g/mol. The normalized spacial score (nSPS) is 15.9. The standard InChI is InChI=1S/C19H40O7.C10H22O6/c1-14(20)8-22-16(3)10-24-18(5)12-26-19(6)13-25-17(4)11-23-15(2)9-21-7;11-1-3-13-5-7-15-9-10-16-8-6-14-4-2-12/h14-20H,8-13H2,1-7H3;11-12H,1-10H2. The molecule has 13 heteroatoms. The van der Waals surface area contributed by atoms with Gasteiger partial charge in [-0.1, -0.05) is 0 Å². The largest absolute Gasteiger partial charge is 0.394 e. The maximum atomic E-state index is 9.19. The molecule has 0 aromatic rings. The highest BCUT2D eigenvalue weighted by molar-refractivity contribution is 4.58. The molecule has 0 spiro atoms. The predicted molar refractivity (Wildman–Crippen MR) is 158 cm³/mol. The monoisotopic (exact) mass is 618 g/mol. The topological polar surface area (TPSA) is 153 Å². The van der Waals surface area contributed by atoms with Crippen LogP contribution in [0.4, 0.5) is 0 Å². The molecule has 0 radical (unpaired) electrons. The van der Waals surface area contributed by atoms with Gasteiger partial charge in [0.05, 0.1) is 142 Å². The van der Waals surface area contributed by atoms with Gasteiger partial charge in [0.2, 0.25) is 0 Å². The highest BCUT2D eigenvalue weighted by Gasteiger charge is 2.13. The Labute approximate surface area is 253 Å². The Balaban J connectivity index is 0. The van der Waals surface area contributed by atoms with Crippen LogP contribution in [0.2, 0.25) is 0 Å². The van der Waals surface area contributed by atoms with Crippen LogP contribution in [0.5, 0.6) is 0 Å². The lowest BCUT2D eigenvalue weighted by Crippen LogP contribution is -2.29. The van der Waals surface area contributed by atoms with E-state index in [0.717, 1.165) is 0 Å². The van der Waals surface area contributed by atoms with E-state index in [0.29, 0.717) is 92.5 Å². The summed E-state index contributed by atoms with van der Waals surface area (Å²) in [6.07, 6.45) is -0.524. The van der Waals surface area contributed by atoms with Crippen molar-refractivity contribution >= 4 is 0 Å². The second-order valence-corrected chi connectivity index (χ2v) is 9.92. The number of ether oxygens (including phenoxy) is 10. The summed E-state index contributed by atoms with van der Waals surface area (Å²) in [7, 11) is 1.66. The summed E-state index contributed by atoms with van der Waals surface area (Å²) in [5.74, 6) is 0. The fraction of sp³-hybridized carbons (Fsp3) is 1.00. The second kappa shape index (κ2) is 33.4. The molecule has 256 valence electrons. The summed E-state index contributed by atoms with van der Waals surface area (Å²) < 4.78 is 53.7. The Bertz CT molecular complexity index is 502. The lowest BCUT2D eigenvalue weighted by Gasteiger charge is -2.22. The smallest absolute Gasteiger partial charge is 0.0781 e. The summed E-state index contributed by atoms with van der Waals surface area (Å²) in [5, 5.41) is 26.0. The van der Waals surface area contributed by atoms with Crippen LogP contribution in [0.15, 0.2) is 0 Å². The summed E-state index contributed by atoms with van der Waals surface area (Å²) in [5.41, 5.74) is 0. The number of aliphatic hydroxyl groups excluding tert-OH is 3. The van der Waals surface area contributed by atoms with E-state index in [-0.39, 0.29) is 43.7 Å². The molecule has 0 aliphatic heterocycles. The van der Waals surface area contributed by atoms with E-state index in [4.69, 9.17) is 57.6 Å². The quantitative estimate of drug-likeness (QED) is 0.0985. The average Bonchev–Trinajstić information content (AvgIpc) is 2.96. The number of rotatable bonds is 30. The molecule has 0 amide bonds. The van der Waals surface area contributed by atoms with Crippen LogP contribution in [-0.4, -0.2) is 165 Å². The van der Waals surface area contributed by atoms with Crippen molar-refractivity contribution < 1.29 is 62.7 Å². The molecule has 13 nitrogen and oxygen atoms in total. The van der Waals surface area contributed by atoms with Crippen LogP contribution in [0.25, 0.3) is 0 Å². The van der Waals surface area contributed by atoms with Crippen molar-refractivity contribution in [1.82, 2.24) is 0 Å². The Morgan fingerprint density at radius 1 is 0.405 bits per heavy atom. The Morgan fingerprint density at radius 3 is 0.929 bits per heavy atom. The van der Waals surface area contributed by atoms with Gasteiger partial charge in [0.1, 0.15) is 0 Å². The number of hydrogen-bond acceptors (Lipinski definition) is 13. The Kier molecular flexibility index (Phi) is 34.7. The minimum Gasteiger partial charge on any atom is -0.394 e. The molecule has 6 unspecified atom stereocenters. The van der Waals surface area contributed by atoms with Gasteiger partial charge in [0, 0.05) is 7.11 Å². The van der Waals surface area contributed by atoms with Crippen molar-refractivity contribution in [2.24, 2.45) is 0 Å². The maximum Gasteiger partial charge on any atom is 0.0781 e. The van der Waals surface area contributed by atoms with Crippen LogP contribution in [-0.2, 0) is 47.4 Å². The van der Waals surface area contributed by atoms with Crippen molar-refractivity contribution in [3.8, 4) is 0 Å².